The number of carbonyl (C=O) groups excluding carboxylic acids is 2. The predicted octanol–water partition coefficient (Wildman–Crippen LogP) is 2.99. The number of thioether (sulfide) groups is 1. The number of rotatable bonds is 11. The van der Waals surface area contributed by atoms with E-state index in [4.69, 9.17) is 9.15 Å². The van der Waals surface area contributed by atoms with Crippen molar-refractivity contribution in [3.05, 3.63) is 58.1 Å². The van der Waals surface area contributed by atoms with Crippen molar-refractivity contribution in [2.75, 3.05) is 26.0 Å². The molecule has 2 aromatic heterocycles. The first-order valence-corrected chi connectivity index (χ1v) is 11.6. The van der Waals surface area contributed by atoms with E-state index >= 15 is 0 Å². The van der Waals surface area contributed by atoms with Gasteiger partial charge >= 0.3 is 0 Å². The molecule has 2 heterocycles. The average Bonchev–Trinajstić information content (AvgIpc) is 3.47. The van der Waals surface area contributed by atoms with Gasteiger partial charge in [0.2, 0.25) is 17.7 Å². The van der Waals surface area contributed by atoms with E-state index in [2.05, 4.69) is 15.5 Å². The molecule has 0 atom stereocenters. The minimum atomic E-state index is -0.187. The number of benzene rings is 1. The van der Waals surface area contributed by atoms with Crippen LogP contribution in [0.25, 0.3) is 0 Å². The number of nitrogens with zero attached hydrogens (tertiary/aromatic N) is 3. The molecule has 0 bridgehead atoms. The van der Waals surface area contributed by atoms with Crippen molar-refractivity contribution in [2.45, 2.75) is 25.1 Å². The summed E-state index contributed by atoms with van der Waals surface area (Å²) in [5, 5.41) is 13.2. The highest BCUT2D eigenvalue weighted by molar-refractivity contribution is 7.99. The van der Waals surface area contributed by atoms with E-state index in [1.807, 2.05) is 48.7 Å². The topological polar surface area (TPSA) is 97.6 Å². The molecule has 1 N–H and O–H groups in total. The van der Waals surface area contributed by atoms with E-state index in [-0.39, 0.29) is 24.1 Å². The standard InChI is InChI=1S/C21H24N4O4S2/c1-3-25(13-18(26)22-12-17-5-4-10-30-17)20(27)14-31-21-24-23-19(29-21)11-15-6-8-16(28-2)9-7-15/h4-10H,3,11-14H2,1-2H3,(H,22,26). The van der Waals surface area contributed by atoms with Gasteiger partial charge in [0.25, 0.3) is 5.22 Å². The lowest BCUT2D eigenvalue weighted by molar-refractivity contribution is -0.133. The van der Waals surface area contributed by atoms with Crippen LogP contribution in [0, 0.1) is 0 Å². The van der Waals surface area contributed by atoms with Gasteiger partial charge in [0.05, 0.1) is 32.4 Å². The van der Waals surface area contributed by atoms with Crippen LogP contribution in [0.2, 0.25) is 0 Å². The maximum atomic E-state index is 12.5. The van der Waals surface area contributed by atoms with Gasteiger partial charge in [0.1, 0.15) is 5.75 Å². The number of ether oxygens (including phenoxy) is 1. The molecular formula is C21H24N4O4S2. The summed E-state index contributed by atoms with van der Waals surface area (Å²) in [6, 6.07) is 11.5. The highest BCUT2D eigenvalue weighted by Crippen LogP contribution is 2.19. The van der Waals surface area contributed by atoms with Gasteiger partial charge in [0.15, 0.2) is 0 Å². The van der Waals surface area contributed by atoms with Gasteiger partial charge in [-0.25, -0.2) is 0 Å². The Morgan fingerprint density at radius 2 is 2.03 bits per heavy atom. The molecule has 0 aliphatic heterocycles. The third-order valence-corrected chi connectivity index (χ3v) is 6.07. The molecule has 3 aromatic rings. The number of thiophene rings is 1. The highest BCUT2D eigenvalue weighted by atomic mass is 32.2. The lowest BCUT2D eigenvalue weighted by atomic mass is 10.1. The summed E-state index contributed by atoms with van der Waals surface area (Å²) in [6.45, 7) is 2.77. The van der Waals surface area contributed by atoms with E-state index in [9.17, 15) is 9.59 Å². The number of carbonyl (C=O) groups is 2. The minimum absolute atomic E-state index is 0.0216. The average molecular weight is 461 g/mol. The molecule has 3 rings (SSSR count). The first kappa shape index (κ1) is 22.8. The summed E-state index contributed by atoms with van der Waals surface area (Å²) in [7, 11) is 1.62. The molecule has 8 nitrogen and oxygen atoms in total. The Morgan fingerprint density at radius 3 is 2.71 bits per heavy atom. The molecule has 0 spiro atoms. The molecule has 164 valence electrons. The lowest BCUT2D eigenvalue weighted by Crippen LogP contribution is -2.41. The molecule has 0 aliphatic carbocycles. The molecular weight excluding hydrogens is 436 g/mol. The fourth-order valence-corrected chi connectivity index (χ4v) is 4.03. The Balaban J connectivity index is 1.44. The Labute approximate surface area is 189 Å². The normalized spacial score (nSPS) is 10.6. The predicted molar refractivity (Wildman–Crippen MR) is 119 cm³/mol. The number of nitrogens with one attached hydrogen (secondary N) is 1. The van der Waals surface area contributed by atoms with Gasteiger partial charge in [-0.2, -0.15) is 0 Å². The lowest BCUT2D eigenvalue weighted by Gasteiger charge is -2.19. The van der Waals surface area contributed by atoms with Gasteiger partial charge < -0.3 is 19.4 Å². The van der Waals surface area contributed by atoms with Crippen LogP contribution < -0.4 is 10.1 Å². The third kappa shape index (κ3) is 7.11. The monoisotopic (exact) mass is 460 g/mol. The van der Waals surface area contributed by atoms with Crippen LogP contribution in [-0.2, 0) is 22.6 Å². The van der Waals surface area contributed by atoms with E-state index in [0.29, 0.717) is 30.6 Å². The van der Waals surface area contributed by atoms with E-state index < -0.39 is 0 Å². The molecule has 0 unspecified atom stereocenters. The van der Waals surface area contributed by atoms with Crippen LogP contribution >= 0.6 is 23.1 Å². The molecule has 0 fully saturated rings. The summed E-state index contributed by atoms with van der Waals surface area (Å²) in [5.74, 6) is 1.03. The quantitative estimate of drug-likeness (QED) is 0.439. The molecule has 0 saturated carbocycles. The number of methoxy groups -OCH3 is 1. The summed E-state index contributed by atoms with van der Waals surface area (Å²) >= 11 is 2.74. The maximum absolute atomic E-state index is 12.5. The molecule has 1 aromatic carbocycles. The Bertz CT molecular complexity index is 974. The molecule has 31 heavy (non-hydrogen) atoms. The van der Waals surface area contributed by atoms with Crippen LogP contribution in [0.5, 0.6) is 5.75 Å². The van der Waals surface area contributed by atoms with Gasteiger partial charge in [0, 0.05) is 11.4 Å². The van der Waals surface area contributed by atoms with Crippen molar-refractivity contribution in [3.63, 3.8) is 0 Å². The number of aromatic nitrogens is 2. The van der Waals surface area contributed by atoms with Gasteiger partial charge in [-0.05, 0) is 36.1 Å². The second kappa shape index (κ2) is 11.5. The van der Waals surface area contributed by atoms with Crippen LogP contribution in [0.3, 0.4) is 0 Å². The molecule has 0 aliphatic rings. The van der Waals surface area contributed by atoms with Crippen LogP contribution in [0.4, 0.5) is 0 Å². The summed E-state index contributed by atoms with van der Waals surface area (Å²) in [4.78, 5) is 27.2. The summed E-state index contributed by atoms with van der Waals surface area (Å²) in [6.07, 6.45) is 0.497. The van der Waals surface area contributed by atoms with Crippen LogP contribution in [-0.4, -0.2) is 52.9 Å². The van der Waals surface area contributed by atoms with Crippen LogP contribution in [0.1, 0.15) is 23.3 Å². The smallest absolute Gasteiger partial charge is 0.277 e. The zero-order valence-electron chi connectivity index (χ0n) is 17.4. The molecule has 0 saturated heterocycles. The fraction of sp³-hybridized carbons (Fsp3) is 0.333. The van der Waals surface area contributed by atoms with Crippen LogP contribution in [0.15, 0.2) is 51.4 Å². The second-order valence-electron chi connectivity index (χ2n) is 6.54. The van der Waals surface area contributed by atoms with Crippen molar-refractivity contribution in [1.82, 2.24) is 20.4 Å². The Morgan fingerprint density at radius 1 is 1.23 bits per heavy atom. The molecule has 0 radical (unpaired) electrons. The number of likely N-dealkylation sites (N-methyl/N-ethyl adjacent to an activating group) is 1. The van der Waals surface area contributed by atoms with Gasteiger partial charge in [-0.3, -0.25) is 9.59 Å². The van der Waals surface area contributed by atoms with Gasteiger partial charge in [-0.15, -0.1) is 21.5 Å². The SMILES string of the molecule is CCN(CC(=O)NCc1cccs1)C(=O)CSc1nnc(Cc2ccc(OC)cc2)o1. The summed E-state index contributed by atoms with van der Waals surface area (Å²) < 4.78 is 10.8. The summed E-state index contributed by atoms with van der Waals surface area (Å²) in [5.41, 5.74) is 1.02. The highest BCUT2D eigenvalue weighted by Gasteiger charge is 2.17. The largest absolute Gasteiger partial charge is 0.497 e. The van der Waals surface area contributed by atoms with Crippen molar-refractivity contribution >= 4 is 34.9 Å². The second-order valence-corrected chi connectivity index (χ2v) is 8.50. The first-order chi connectivity index (χ1) is 15.1. The Kier molecular flexibility index (Phi) is 8.48. The number of amides is 2. The Hall–Kier alpha value is -2.85. The zero-order valence-corrected chi connectivity index (χ0v) is 19.0. The fourth-order valence-electron chi connectivity index (χ4n) is 2.71. The van der Waals surface area contributed by atoms with Crippen molar-refractivity contribution in [3.8, 4) is 5.75 Å². The minimum Gasteiger partial charge on any atom is -0.497 e. The number of hydrogen-bond donors (Lipinski definition) is 1. The van der Waals surface area contributed by atoms with E-state index in [1.54, 1.807) is 18.4 Å². The maximum Gasteiger partial charge on any atom is 0.277 e. The van der Waals surface area contributed by atoms with Gasteiger partial charge in [-0.1, -0.05) is 30.0 Å². The third-order valence-electron chi connectivity index (χ3n) is 4.39. The first-order valence-electron chi connectivity index (χ1n) is 9.72. The number of hydrogen-bond acceptors (Lipinski definition) is 8. The van der Waals surface area contributed by atoms with E-state index in [1.165, 1.54) is 16.7 Å². The van der Waals surface area contributed by atoms with Crippen molar-refractivity contribution < 1.29 is 18.7 Å². The molecule has 2 amide bonds. The van der Waals surface area contributed by atoms with E-state index in [0.717, 1.165) is 16.2 Å². The zero-order chi connectivity index (χ0) is 22.1. The van der Waals surface area contributed by atoms with Crippen molar-refractivity contribution in [2.24, 2.45) is 0 Å². The van der Waals surface area contributed by atoms with Crippen molar-refractivity contribution in [1.29, 1.82) is 0 Å². The molecule has 10 heteroatoms.